The van der Waals surface area contributed by atoms with Crippen molar-refractivity contribution in [3.05, 3.63) is 66.0 Å². The lowest BCUT2D eigenvalue weighted by Gasteiger charge is -2.31. The summed E-state index contributed by atoms with van der Waals surface area (Å²) in [6.07, 6.45) is 4.09. The van der Waals surface area contributed by atoms with Crippen LogP contribution >= 0.6 is 0 Å². The summed E-state index contributed by atoms with van der Waals surface area (Å²) in [4.78, 5) is 2.55. The van der Waals surface area contributed by atoms with Crippen LogP contribution in [0.2, 0.25) is 0 Å². The first-order chi connectivity index (χ1) is 13.1. The van der Waals surface area contributed by atoms with Crippen molar-refractivity contribution in [1.82, 2.24) is 25.5 Å². The molecule has 1 aromatic heterocycles. The molecule has 5 heteroatoms. The summed E-state index contributed by atoms with van der Waals surface area (Å²) >= 11 is 0. The van der Waals surface area contributed by atoms with Crippen molar-refractivity contribution >= 4 is 10.8 Å². The molecule has 1 aliphatic heterocycles. The molecule has 27 heavy (non-hydrogen) atoms. The van der Waals surface area contributed by atoms with Crippen LogP contribution in [0.4, 0.5) is 0 Å². The van der Waals surface area contributed by atoms with Gasteiger partial charge in [-0.3, -0.25) is 15.0 Å². The number of benzene rings is 2. The van der Waals surface area contributed by atoms with Crippen LogP contribution in [0, 0.1) is 5.92 Å². The standard InChI is InChI=1S/C22H29N5/c1-16(2)27(14-17-11-24-26(3)13-17)15-19-12-23-25-22(19)21-10-6-8-18-7-4-5-9-20(18)21/h4-11,13,16,19,22-23,25H,12,14-15H2,1-3H3. The molecule has 3 aromatic rings. The third kappa shape index (κ3) is 3.90. The molecule has 0 bridgehead atoms. The molecule has 0 spiro atoms. The molecular formula is C22H29N5. The quantitative estimate of drug-likeness (QED) is 0.706. The van der Waals surface area contributed by atoms with Gasteiger partial charge in [-0.2, -0.15) is 5.10 Å². The highest BCUT2D eigenvalue weighted by molar-refractivity contribution is 5.86. The number of hydrogen-bond acceptors (Lipinski definition) is 4. The van der Waals surface area contributed by atoms with Gasteiger partial charge in [0.25, 0.3) is 0 Å². The zero-order chi connectivity index (χ0) is 18.8. The molecule has 0 saturated carbocycles. The van der Waals surface area contributed by atoms with E-state index in [-0.39, 0.29) is 0 Å². The van der Waals surface area contributed by atoms with E-state index >= 15 is 0 Å². The fourth-order valence-electron chi connectivity index (χ4n) is 4.11. The largest absolute Gasteiger partial charge is 0.296 e. The molecule has 2 N–H and O–H groups in total. The van der Waals surface area contributed by atoms with Crippen molar-refractivity contribution in [1.29, 1.82) is 0 Å². The van der Waals surface area contributed by atoms with Gasteiger partial charge >= 0.3 is 0 Å². The second kappa shape index (κ2) is 7.80. The summed E-state index contributed by atoms with van der Waals surface area (Å²) in [5.74, 6) is 0.509. The molecule has 2 atom stereocenters. The predicted molar refractivity (Wildman–Crippen MR) is 110 cm³/mol. The lowest BCUT2D eigenvalue weighted by atomic mass is 9.90. The summed E-state index contributed by atoms with van der Waals surface area (Å²) in [6.45, 7) is 7.51. The van der Waals surface area contributed by atoms with E-state index in [9.17, 15) is 0 Å². The number of rotatable bonds is 6. The van der Waals surface area contributed by atoms with Gasteiger partial charge in [-0.25, -0.2) is 5.43 Å². The average Bonchev–Trinajstić information content (AvgIpc) is 3.29. The van der Waals surface area contributed by atoms with E-state index in [2.05, 4.69) is 83.4 Å². The third-order valence-electron chi connectivity index (χ3n) is 5.59. The van der Waals surface area contributed by atoms with Crippen LogP contribution in [0.25, 0.3) is 10.8 Å². The fraction of sp³-hybridized carbons (Fsp3) is 0.409. The lowest BCUT2D eigenvalue weighted by Crippen LogP contribution is -2.37. The van der Waals surface area contributed by atoms with Gasteiger partial charge in [0.2, 0.25) is 0 Å². The topological polar surface area (TPSA) is 45.1 Å². The van der Waals surface area contributed by atoms with Gasteiger partial charge in [0.05, 0.1) is 12.2 Å². The van der Waals surface area contributed by atoms with E-state index in [0.717, 1.165) is 19.6 Å². The molecule has 0 radical (unpaired) electrons. The molecule has 2 unspecified atom stereocenters. The van der Waals surface area contributed by atoms with E-state index in [1.54, 1.807) is 0 Å². The van der Waals surface area contributed by atoms with Crippen LogP contribution in [0.5, 0.6) is 0 Å². The Hall–Kier alpha value is -2.21. The Bertz CT molecular complexity index is 895. The molecule has 2 heterocycles. The van der Waals surface area contributed by atoms with Crippen LogP contribution < -0.4 is 10.9 Å². The highest BCUT2D eigenvalue weighted by Gasteiger charge is 2.31. The van der Waals surface area contributed by atoms with Crippen LogP contribution in [0.15, 0.2) is 54.9 Å². The third-order valence-corrected chi connectivity index (χ3v) is 5.59. The molecule has 0 aliphatic carbocycles. The summed E-state index contributed by atoms with van der Waals surface area (Å²) in [5, 5.41) is 6.97. The molecule has 2 aromatic carbocycles. The Morgan fingerprint density at radius 3 is 2.78 bits per heavy atom. The van der Waals surface area contributed by atoms with Gasteiger partial charge < -0.3 is 0 Å². The van der Waals surface area contributed by atoms with Crippen molar-refractivity contribution in [2.24, 2.45) is 13.0 Å². The van der Waals surface area contributed by atoms with Crippen LogP contribution in [-0.2, 0) is 13.6 Å². The Morgan fingerprint density at radius 2 is 2.00 bits per heavy atom. The van der Waals surface area contributed by atoms with Crippen LogP contribution in [0.1, 0.15) is 31.0 Å². The summed E-state index contributed by atoms with van der Waals surface area (Å²) in [6, 6.07) is 16.1. The highest BCUT2D eigenvalue weighted by atomic mass is 15.4. The lowest BCUT2D eigenvalue weighted by molar-refractivity contribution is 0.176. The molecular weight excluding hydrogens is 334 g/mol. The average molecular weight is 364 g/mol. The van der Waals surface area contributed by atoms with Crippen molar-refractivity contribution < 1.29 is 0 Å². The molecule has 142 valence electrons. The number of nitrogens with one attached hydrogen (secondary N) is 2. The summed E-state index contributed by atoms with van der Waals surface area (Å²) in [7, 11) is 1.98. The summed E-state index contributed by atoms with van der Waals surface area (Å²) in [5.41, 5.74) is 9.59. The Balaban J connectivity index is 1.56. The number of aromatic nitrogens is 2. The number of aryl methyl sites for hydroxylation is 1. The van der Waals surface area contributed by atoms with Crippen LogP contribution in [0.3, 0.4) is 0 Å². The maximum absolute atomic E-state index is 4.32. The molecule has 0 amide bonds. The Labute approximate surface area is 161 Å². The second-order valence-corrected chi connectivity index (χ2v) is 7.88. The normalized spacial score (nSPS) is 20.2. The Morgan fingerprint density at radius 1 is 1.19 bits per heavy atom. The first-order valence-corrected chi connectivity index (χ1v) is 9.79. The first-order valence-electron chi connectivity index (χ1n) is 9.79. The molecule has 1 saturated heterocycles. The van der Waals surface area contributed by atoms with Gasteiger partial charge in [-0.15, -0.1) is 0 Å². The van der Waals surface area contributed by atoms with E-state index in [1.807, 2.05) is 17.9 Å². The van der Waals surface area contributed by atoms with E-state index in [1.165, 1.54) is 21.9 Å². The zero-order valence-electron chi connectivity index (χ0n) is 16.4. The predicted octanol–water partition coefficient (Wildman–Crippen LogP) is 3.25. The monoisotopic (exact) mass is 363 g/mol. The molecule has 1 fully saturated rings. The van der Waals surface area contributed by atoms with Crippen molar-refractivity contribution in [3.8, 4) is 0 Å². The van der Waals surface area contributed by atoms with Crippen LogP contribution in [-0.4, -0.2) is 33.8 Å². The minimum Gasteiger partial charge on any atom is -0.296 e. The van der Waals surface area contributed by atoms with Crippen molar-refractivity contribution in [2.45, 2.75) is 32.5 Å². The van der Waals surface area contributed by atoms with E-state index in [0.29, 0.717) is 18.0 Å². The molecule has 4 rings (SSSR count). The van der Waals surface area contributed by atoms with Gasteiger partial charge in [0.1, 0.15) is 0 Å². The first kappa shape index (κ1) is 18.2. The SMILES string of the molecule is CC(C)N(Cc1cnn(C)c1)CC1CNNC1c1cccc2ccccc12. The Kier molecular flexibility index (Phi) is 5.25. The highest BCUT2D eigenvalue weighted by Crippen LogP contribution is 2.31. The number of hydrazine groups is 1. The van der Waals surface area contributed by atoms with Gasteiger partial charge in [-0.05, 0) is 30.2 Å². The number of nitrogens with zero attached hydrogens (tertiary/aromatic N) is 3. The fourth-order valence-corrected chi connectivity index (χ4v) is 4.11. The minimum absolute atomic E-state index is 0.311. The van der Waals surface area contributed by atoms with Crippen molar-refractivity contribution in [2.75, 3.05) is 13.1 Å². The second-order valence-electron chi connectivity index (χ2n) is 7.88. The molecule has 1 aliphatic rings. The van der Waals surface area contributed by atoms with Crippen molar-refractivity contribution in [3.63, 3.8) is 0 Å². The minimum atomic E-state index is 0.311. The number of fused-ring (bicyclic) bond motifs is 1. The van der Waals surface area contributed by atoms with Gasteiger partial charge in [0.15, 0.2) is 0 Å². The molecule has 5 nitrogen and oxygen atoms in total. The maximum atomic E-state index is 4.32. The smallest absolute Gasteiger partial charge is 0.0534 e. The van der Waals surface area contributed by atoms with Gasteiger partial charge in [0, 0.05) is 50.4 Å². The maximum Gasteiger partial charge on any atom is 0.0534 e. The zero-order valence-corrected chi connectivity index (χ0v) is 16.4. The van der Waals surface area contributed by atoms with Gasteiger partial charge in [-0.1, -0.05) is 42.5 Å². The van der Waals surface area contributed by atoms with E-state index in [4.69, 9.17) is 0 Å². The summed E-state index contributed by atoms with van der Waals surface area (Å²) < 4.78 is 1.88. The van der Waals surface area contributed by atoms with E-state index < -0.39 is 0 Å². The number of hydrogen-bond donors (Lipinski definition) is 2.